The molecule has 0 atom stereocenters. The molecule has 13 heavy (non-hydrogen) atoms. The number of aromatic nitrogens is 1. The first-order chi connectivity index (χ1) is 6.24. The molecular weight excluding hydrogens is 167 g/mol. The zero-order chi connectivity index (χ0) is 9.42. The van der Waals surface area contributed by atoms with E-state index >= 15 is 0 Å². The fourth-order valence-corrected chi connectivity index (χ4v) is 1.67. The summed E-state index contributed by atoms with van der Waals surface area (Å²) in [6.45, 7) is -0.467. The van der Waals surface area contributed by atoms with Crippen LogP contribution in [-0.4, -0.2) is 4.57 Å². The van der Waals surface area contributed by atoms with Gasteiger partial charge in [0.1, 0.15) is 6.67 Å². The van der Waals surface area contributed by atoms with Gasteiger partial charge in [0.05, 0.1) is 5.52 Å². The standard InChI is InChI=1S/C10H11FN2/c1-13-6-7(5-11)10-8(12)3-2-4-9(10)13/h2-4,6H,5,12H2,1H3. The smallest absolute Gasteiger partial charge is 0.117 e. The molecule has 3 heteroatoms. The molecule has 0 spiro atoms. The second kappa shape index (κ2) is 2.76. The number of hydrogen-bond donors (Lipinski definition) is 1. The summed E-state index contributed by atoms with van der Waals surface area (Å²) in [7, 11) is 1.89. The van der Waals surface area contributed by atoms with Gasteiger partial charge in [-0.15, -0.1) is 0 Å². The Labute approximate surface area is 75.8 Å². The molecule has 0 amide bonds. The van der Waals surface area contributed by atoms with Crippen LogP contribution in [0.5, 0.6) is 0 Å². The lowest BCUT2D eigenvalue weighted by molar-refractivity contribution is 0.487. The van der Waals surface area contributed by atoms with Crippen molar-refractivity contribution in [3.8, 4) is 0 Å². The third-order valence-electron chi connectivity index (χ3n) is 2.27. The van der Waals surface area contributed by atoms with Crippen molar-refractivity contribution in [2.75, 3.05) is 5.73 Å². The fraction of sp³-hybridized carbons (Fsp3) is 0.200. The third-order valence-corrected chi connectivity index (χ3v) is 2.27. The highest BCUT2D eigenvalue weighted by molar-refractivity contribution is 5.94. The summed E-state index contributed by atoms with van der Waals surface area (Å²) in [6.07, 6.45) is 1.78. The molecule has 2 nitrogen and oxygen atoms in total. The number of nitrogens with zero attached hydrogens (tertiary/aromatic N) is 1. The van der Waals surface area contributed by atoms with Gasteiger partial charge in [-0.2, -0.15) is 0 Å². The number of aryl methyl sites for hydroxylation is 1. The Morgan fingerprint density at radius 2 is 2.23 bits per heavy atom. The number of alkyl halides is 1. The van der Waals surface area contributed by atoms with Crippen LogP contribution in [0.15, 0.2) is 24.4 Å². The van der Waals surface area contributed by atoms with Crippen molar-refractivity contribution in [1.82, 2.24) is 4.57 Å². The molecule has 1 aromatic carbocycles. The molecule has 0 saturated heterocycles. The summed E-state index contributed by atoms with van der Waals surface area (Å²) in [4.78, 5) is 0. The van der Waals surface area contributed by atoms with E-state index in [4.69, 9.17) is 5.73 Å². The number of rotatable bonds is 1. The Morgan fingerprint density at radius 3 is 2.92 bits per heavy atom. The molecule has 0 aliphatic heterocycles. The van der Waals surface area contributed by atoms with Crippen molar-refractivity contribution in [3.63, 3.8) is 0 Å². The first-order valence-corrected chi connectivity index (χ1v) is 4.12. The molecule has 68 valence electrons. The normalized spacial score (nSPS) is 10.9. The largest absolute Gasteiger partial charge is 0.398 e. The monoisotopic (exact) mass is 178 g/mol. The first kappa shape index (κ1) is 8.10. The summed E-state index contributed by atoms with van der Waals surface area (Å²) in [5.74, 6) is 0. The minimum atomic E-state index is -0.467. The Kier molecular flexibility index (Phi) is 1.72. The highest BCUT2D eigenvalue weighted by Gasteiger charge is 2.07. The number of fused-ring (bicyclic) bond motifs is 1. The van der Waals surface area contributed by atoms with E-state index in [9.17, 15) is 4.39 Å². The van der Waals surface area contributed by atoms with Gasteiger partial charge in [-0.3, -0.25) is 0 Å². The van der Waals surface area contributed by atoms with Crippen LogP contribution in [0.4, 0.5) is 10.1 Å². The number of benzene rings is 1. The van der Waals surface area contributed by atoms with Crippen LogP contribution in [-0.2, 0) is 13.7 Å². The average molecular weight is 178 g/mol. The zero-order valence-electron chi connectivity index (χ0n) is 7.42. The number of anilines is 1. The molecular formula is C10H11FN2. The van der Waals surface area contributed by atoms with E-state index in [0.717, 1.165) is 10.9 Å². The van der Waals surface area contributed by atoms with Gasteiger partial charge in [0.25, 0.3) is 0 Å². The maximum atomic E-state index is 12.6. The second-order valence-electron chi connectivity index (χ2n) is 3.14. The highest BCUT2D eigenvalue weighted by atomic mass is 19.1. The molecule has 2 N–H and O–H groups in total. The van der Waals surface area contributed by atoms with Gasteiger partial charge < -0.3 is 10.3 Å². The van der Waals surface area contributed by atoms with Crippen LogP contribution >= 0.6 is 0 Å². The molecule has 0 fully saturated rings. The molecule has 1 aromatic heterocycles. The van der Waals surface area contributed by atoms with E-state index in [0.29, 0.717) is 11.3 Å². The summed E-state index contributed by atoms with van der Waals surface area (Å²) in [5, 5.41) is 0.840. The highest BCUT2D eigenvalue weighted by Crippen LogP contribution is 2.26. The van der Waals surface area contributed by atoms with Gasteiger partial charge in [-0.1, -0.05) is 6.07 Å². The lowest BCUT2D eigenvalue weighted by Crippen LogP contribution is -1.87. The van der Waals surface area contributed by atoms with Crippen molar-refractivity contribution in [1.29, 1.82) is 0 Å². The van der Waals surface area contributed by atoms with E-state index in [1.165, 1.54) is 0 Å². The van der Waals surface area contributed by atoms with Crippen molar-refractivity contribution in [2.24, 2.45) is 7.05 Å². The van der Waals surface area contributed by atoms with E-state index in [1.807, 2.05) is 23.7 Å². The SMILES string of the molecule is Cn1cc(CF)c2c(N)cccc21. The van der Waals surface area contributed by atoms with Crippen molar-refractivity contribution in [2.45, 2.75) is 6.67 Å². The van der Waals surface area contributed by atoms with E-state index in [2.05, 4.69) is 0 Å². The quantitative estimate of drug-likeness (QED) is 0.667. The predicted molar refractivity (Wildman–Crippen MR) is 52.1 cm³/mol. The zero-order valence-corrected chi connectivity index (χ0v) is 7.42. The van der Waals surface area contributed by atoms with Crippen molar-refractivity contribution < 1.29 is 4.39 Å². The third kappa shape index (κ3) is 1.08. The van der Waals surface area contributed by atoms with Gasteiger partial charge in [-0.25, -0.2) is 4.39 Å². The molecule has 0 aliphatic carbocycles. The van der Waals surface area contributed by atoms with Crippen LogP contribution in [0.2, 0.25) is 0 Å². The van der Waals surface area contributed by atoms with Gasteiger partial charge >= 0.3 is 0 Å². The van der Waals surface area contributed by atoms with Crippen LogP contribution in [0.1, 0.15) is 5.56 Å². The second-order valence-corrected chi connectivity index (χ2v) is 3.14. The van der Waals surface area contributed by atoms with Crippen LogP contribution in [0, 0.1) is 0 Å². The Balaban J connectivity index is 2.89. The van der Waals surface area contributed by atoms with Gasteiger partial charge in [0.15, 0.2) is 0 Å². The van der Waals surface area contributed by atoms with Crippen LogP contribution in [0.3, 0.4) is 0 Å². The Hall–Kier alpha value is -1.51. The van der Waals surface area contributed by atoms with Gasteiger partial charge in [0.2, 0.25) is 0 Å². The molecule has 0 bridgehead atoms. The first-order valence-electron chi connectivity index (χ1n) is 4.12. The summed E-state index contributed by atoms with van der Waals surface area (Å²) < 4.78 is 14.5. The molecule has 2 aromatic rings. The van der Waals surface area contributed by atoms with E-state index in [1.54, 1.807) is 12.3 Å². The van der Waals surface area contributed by atoms with Gasteiger partial charge in [-0.05, 0) is 12.1 Å². The molecule has 2 rings (SSSR count). The van der Waals surface area contributed by atoms with E-state index in [-0.39, 0.29) is 0 Å². The van der Waals surface area contributed by atoms with Crippen molar-refractivity contribution in [3.05, 3.63) is 30.0 Å². The lowest BCUT2D eigenvalue weighted by atomic mass is 10.1. The van der Waals surface area contributed by atoms with Gasteiger partial charge in [0, 0.05) is 29.9 Å². The fourth-order valence-electron chi connectivity index (χ4n) is 1.67. The topological polar surface area (TPSA) is 30.9 Å². The number of hydrogen-bond acceptors (Lipinski definition) is 1. The van der Waals surface area contributed by atoms with Crippen molar-refractivity contribution >= 4 is 16.6 Å². The van der Waals surface area contributed by atoms with E-state index < -0.39 is 6.67 Å². The number of nitrogens with two attached hydrogens (primary N) is 1. The maximum Gasteiger partial charge on any atom is 0.117 e. The maximum absolute atomic E-state index is 12.6. The predicted octanol–water partition coefficient (Wildman–Crippen LogP) is 2.23. The average Bonchev–Trinajstić information content (AvgIpc) is 2.45. The minimum Gasteiger partial charge on any atom is -0.398 e. The van der Waals surface area contributed by atoms with Crippen LogP contribution in [0.25, 0.3) is 10.9 Å². The minimum absolute atomic E-state index is 0.467. The Bertz CT molecular complexity index is 445. The molecule has 0 radical (unpaired) electrons. The Morgan fingerprint density at radius 1 is 1.46 bits per heavy atom. The molecule has 1 heterocycles. The summed E-state index contributed by atoms with van der Waals surface area (Å²) in [6, 6.07) is 5.60. The lowest BCUT2D eigenvalue weighted by Gasteiger charge is -1.98. The summed E-state index contributed by atoms with van der Waals surface area (Å²) >= 11 is 0. The van der Waals surface area contributed by atoms with Crippen LogP contribution < -0.4 is 5.73 Å². The molecule has 0 unspecified atom stereocenters. The summed E-state index contributed by atoms with van der Waals surface area (Å²) in [5.41, 5.74) is 8.05. The number of halogens is 1. The number of nitrogen functional groups attached to an aromatic ring is 1. The molecule has 0 aliphatic rings. The molecule has 0 saturated carbocycles.